The molecule has 0 aliphatic rings. The highest BCUT2D eigenvalue weighted by molar-refractivity contribution is 7.09. The topological polar surface area (TPSA) is 68.5 Å². The summed E-state index contributed by atoms with van der Waals surface area (Å²) in [7, 11) is 1.79. The Hall–Kier alpha value is -1.76. The van der Waals surface area contributed by atoms with Crippen molar-refractivity contribution in [2.75, 3.05) is 13.7 Å². The van der Waals surface area contributed by atoms with E-state index in [9.17, 15) is 4.79 Å². The molecule has 6 heteroatoms. The fourth-order valence-electron chi connectivity index (χ4n) is 2.69. The van der Waals surface area contributed by atoms with Crippen LogP contribution in [0.3, 0.4) is 0 Å². The summed E-state index contributed by atoms with van der Waals surface area (Å²) in [6.45, 7) is 6.96. The minimum atomic E-state index is -0.319. The molecular weight excluding hydrogens is 334 g/mol. The van der Waals surface area contributed by atoms with Crippen molar-refractivity contribution in [2.45, 2.75) is 39.5 Å². The Morgan fingerprint density at radius 3 is 2.64 bits per heavy atom. The van der Waals surface area contributed by atoms with Crippen molar-refractivity contribution in [3.8, 4) is 0 Å². The summed E-state index contributed by atoms with van der Waals surface area (Å²) in [6.07, 6.45) is -0.0183. The van der Waals surface area contributed by atoms with Crippen LogP contribution in [0, 0.1) is 5.92 Å². The number of benzene rings is 1. The molecule has 136 valence electrons. The average molecular weight is 362 g/mol. The van der Waals surface area contributed by atoms with E-state index < -0.39 is 0 Å². The van der Waals surface area contributed by atoms with E-state index >= 15 is 0 Å². The molecule has 0 bridgehead atoms. The number of rotatable bonds is 8. The summed E-state index contributed by atoms with van der Waals surface area (Å²) in [5.74, 6) is -0.281. The van der Waals surface area contributed by atoms with Gasteiger partial charge in [-0.2, -0.15) is 0 Å². The first-order valence-corrected chi connectivity index (χ1v) is 9.43. The Morgan fingerprint density at radius 2 is 2.00 bits per heavy atom. The normalized spacial score (nSPS) is 14.8. The van der Waals surface area contributed by atoms with Crippen molar-refractivity contribution >= 4 is 17.2 Å². The van der Waals surface area contributed by atoms with E-state index in [1.807, 2.05) is 56.5 Å². The monoisotopic (exact) mass is 361 g/mol. The van der Waals surface area contributed by atoms with Crippen LogP contribution < -0.4 is 5.73 Å². The molecule has 0 aliphatic heterocycles. The molecule has 1 aromatic carbocycles. The molecule has 0 fully saturated rings. The standard InChI is InChI=1S/C19H27N3O2S/c1-5-24-14(3)18-21-16(12-25-18)11-22(4)19(23)13(2)17(20)15-9-7-6-8-10-15/h6-10,12-14,17H,5,11,20H2,1-4H3. The second kappa shape index (κ2) is 9.08. The van der Waals surface area contributed by atoms with Crippen molar-refractivity contribution in [3.63, 3.8) is 0 Å². The third-order valence-electron chi connectivity index (χ3n) is 4.22. The Bertz CT molecular complexity index is 674. The highest BCUT2D eigenvalue weighted by atomic mass is 32.1. The fourth-order valence-corrected chi connectivity index (χ4v) is 3.50. The number of aromatic nitrogens is 1. The molecule has 1 aromatic heterocycles. The highest BCUT2D eigenvalue weighted by Crippen LogP contribution is 2.24. The SMILES string of the molecule is CCOC(C)c1nc(CN(C)C(=O)C(C)C(N)c2ccccc2)cs1. The van der Waals surface area contributed by atoms with E-state index in [4.69, 9.17) is 10.5 Å². The van der Waals surface area contributed by atoms with Gasteiger partial charge in [0.1, 0.15) is 11.1 Å². The van der Waals surface area contributed by atoms with E-state index in [1.54, 1.807) is 23.3 Å². The van der Waals surface area contributed by atoms with Crippen molar-refractivity contribution < 1.29 is 9.53 Å². The fraction of sp³-hybridized carbons (Fsp3) is 0.474. The van der Waals surface area contributed by atoms with Gasteiger partial charge >= 0.3 is 0 Å². The number of carbonyl (C=O) groups is 1. The van der Waals surface area contributed by atoms with E-state index in [2.05, 4.69) is 4.98 Å². The van der Waals surface area contributed by atoms with Crippen LogP contribution in [-0.4, -0.2) is 29.4 Å². The predicted octanol–water partition coefficient (Wildman–Crippen LogP) is 3.54. The van der Waals surface area contributed by atoms with Gasteiger partial charge in [0.25, 0.3) is 0 Å². The van der Waals surface area contributed by atoms with E-state index in [0.29, 0.717) is 13.2 Å². The first-order chi connectivity index (χ1) is 11.9. The minimum absolute atomic E-state index is 0.0174. The molecule has 0 spiro atoms. The molecule has 2 N–H and O–H groups in total. The molecule has 0 aliphatic carbocycles. The van der Waals surface area contributed by atoms with Gasteiger partial charge in [0, 0.05) is 25.1 Å². The lowest BCUT2D eigenvalue weighted by Gasteiger charge is -2.25. The van der Waals surface area contributed by atoms with Gasteiger partial charge in [-0.05, 0) is 19.4 Å². The zero-order valence-electron chi connectivity index (χ0n) is 15.3. The molecule has 2 rings (SSSR count). The number of amides is 1. The van der Waals surface area contributed by atoms with E-state index in [0.717, 1.165) is 16.3 Å². The lowest BCUT2D eigenvalue weighted by Crippen LogP contribution is -2.36. The van der Waals surface area contributed by atoms with Gasteiger partial charge in [-0.3, -0.25) is 4.79 Å². The number of nitrogens with two attached hydrogens (primary N) is 1. The molecule has 25 heavy (non-hydrogen) atoms. The van der Waals surface area contributed by atoms with Gasteiger partial charge < -0.3 is 15.4 Å². The molecular formula is C19H27N3O2S. The van der Waals surface area contributed by atoms with Crippen molar-refractivity contribution in [1.29, 1.82) is 0 Å². The third kappa shape index (κ3) is 5.11. The predicted molar refractivity (Wildman–Crippen MR) is 101 cm³/mol. The average Bonchev–Trinajstić information content (AvgIpc) is 3.09. The van der Waals surface area contributed by atoms with Crippen molar-refractivity contribution in [1.82, 2.24) is 9.88 Å². The maximum Gasteiger partial charge on any atom is 0.227 e. The second-order valence-corrected chi connectivity index (χ2v) is 7.08. The van der Waals surface area contributed by atoms with Crippen LogP contribution in [0.5, 0.6) is 0 Å². The summed E-state index contributed by atoms with van der Waals surface area (Å²) >= 11 is 1.56. The largest absolute Gasteiger partial charge is 0.372 e. The van der Waals surface area contributed by atoms with Gasteiger partial charge in [0.15, 0.2) is 0 Å². The number of hydrogen-bond donors (Lipinski definition) is 1. The molecule has 3 atom stereocenters. The van der Waals surface area contributed by atoms with Crippen molar-refractivity contribution in [2.24, 2.45) is 11.7 Å². The molecule has 1 heterocycles. The summed E-state index contributed by atoms with van der Waals surface area (Å²) in [5.41, 5.74) is 8.12. The summed E-state index contributed by atoms with van der Waals surface area (Å²) in [4.78, 5) is 19.0. The van der Waals surface area contributed by atoms with Crippen LogP contribution in [0.1, 0.15) is 49.2 Å². The Labute approximate surface area is 153 Å². The van der Waals surface area contributed by atoms with Gasteiger partial charge in [0.05, 0.1) is 18.2 Å². The van der Waals surface area contributed by atoms with Gasteiger partial charge in [0.2, 0.25) is 5.91 Å². The van der Waals surface area contributed by atoms with Crippen LogP contribution in [0.4, 0.5) is 0 Å². The Kier molecular flexibility index (Phi) is 7.11. The van der Waals surface area contributed by atoms with E-state index in [-0.39, 0.29) is 24.0 Å². The lowest BCUT2D eigenvalue weighted by molar-refractivity contribution is -0.134. The van der Waals surface area contributed by atoms with E-state index in [1.165, 1.54) is 0 Å². The first-order valence-electron chi connectivity index (χ1n) is 8.55. The summed E-state index contributed by atoms with van der Waals surface area (Å²) in [6, 6.07) is 9.41. The summed E-state index contributed by atoms with van der Waals surface area (Å²) < 4.78 is 5.56. The quantitative estimate of drug-likeness (QED) is 0.781. The molecule has 0 saturated heterocycles. The summed E-state index contributed by atoms with van der Waals surface area (Å²) in [5, 5.41) is 2.92. The number of carbonyl (C=O) groups excluding carboxylic acids is 1. The maximum atomic E-state index is 12.7. The first kappa shape index (κ1) is 19.6. The maximum absolute atomic E-state index is 12.7. The van der Waals surface area contributed by atoms with Gasteiger partial charge in [-0.1, -0.05) is 37.3 Å². The zero-order valence-corrected chi connectivity index (χ0v) is 16.1. The molecule has 0 radical (unpaired) electrons. The van der Waals surface area contributed by atoms with Crippen LogP contribution in [0.25, 0.3) is 0 Å². The minimum Gasteiger partial charge on any atom is -0.372 e. The van der Waals surface area contributed by atoms with Crippen LogP contribution in [-0.2, 0) is 16.1 Å². The number of ether oxygens (including phenoxy) is 1. The zero-order chi connectivity index (χ0) is 18.4. The van der Waals surface area contributed by atoms with Gasteiger partial charge in [-0.15, -0.1) is 11.3 Å². The Morgan fingerprint density at radius 1 is 1.32 bits per heavy atom. The Balaban J connectivity index is 1.98. The molecule has 0 saturated carbocycles. The molecule has 3 unspecified atom stereocenters. The third-order valence-corrected chi connectivity index (χ3v) is 5.28. The van der Waals surface area contributed by atoms with Crippen LogP contribution >= 0.6 is 11.3 Å². The highest BCUT2D eigenvalue weighted by Gasteiger charge is 2.25. The van der Waals surface area contributed by atoms with Gasteiger partial charge in [-0.25, -0.2) is 4.98 Å². The smallest absolute Gasteiger partial charge is 0.227 e. The van der Waals surface area contributed by atoms with Crippen LogP contribution in [0.2, 0.25) is 0 Å². The molecule has 2 aromatic rings. The lowest BCUT2D eigenvalue weighted by atomic mass is 9.94. The number of nitrogens with zero attached hydrogens (tertiary/aromatic N) is 2. The number of thiazole rings is 1. The number of hydrogen-bond acceptors (Lipinski definition) is 5. The molecule has 1 amide bonds. The molecule has 5 nitrogen and oxygen atoms in total. The van der Waals surface area contributed by atoms with Crippen molar-refractivity contribution in [3.05, 3.63) is 52.0 Å². The van der Waals surface area contributed by atoms with Crippen LogP contribution in [0.15, 0.2) is 35.7 Å². The second-order valence-electron chi connectivity index (χ2n) is 6.19.